The quantitative estimate of drug-likeness (QED) is 0.480. The van der Waals surface area contributed by atoms with E-state index in [4.69, 9.17) is 4.74 Å². The number of nitrogens with zero attached hydrogens (tertiary/aromatic N) is 3. The van der Waals surface area contributed by atoms with Crippen molar-refractivity contribution >= 4 is 16.7 Å². The Bertz CT molecular complexity index is 996. The maximum Gasteiger partial charge on any atom is 0.139 e. The zero-order valence-corrected chi connectivity index (χ0v) is 21.0. The van der Waals surface area contributed by atoms with Crippen molar-refractivity contribution in [1.29, 1.82) is 0 Å². The third-order valence-corrected chi connectivity index (χ3v) is 6.23. The number of ether oxygens (including phenoxy) is 1. The van der Waals surface area contributed by atoms with Crippen LogP contribution >= 0.6 is 0 Å². The molecule has 1 N–H and O–H groups in total. The molecule has 5 heteroatoms. The van der Waals surface area contributed by atoms with Gasteiger partial charge in [-0.3, -0.25) is 0 Å². The van der Waals surface area contributed by atoms with Crippen molar-refractivity contribution in [3.63, 3.8) is 0 Å². The number of para-hydroxylation sites is 1. The first-order valence-corrected chi connectivity index (χ1v) is 12.3. The lowest BCUT2D eigenvalue weighted by atomic mass is 9.83. The molecule has 1 aliphatic rings. The number of anilines is 1. The standard InChI is InChI=1S/C17H27NO.C11H13N3/c1-3-19-17-6-4-5-16(11-17)13-18-12-15-9-7-14(2)8-10-15;1-8-12-10-7-5-4-6-9(10)11(13-8)14(2)3/h4-6,11,14-15,18H,3,7-10,12-13H2,1-2H3;4-7H,1-3H3. The molecule has 0 saturated heterocycles. The Morgan fingerprint density at radius 1 is 1.00 bits per heavy atom. The van der Waals surface area contributed by atoms with Crippen LogP contribution in [0.1, 0.15) is 50.9 Å². The minimum Gasteiger partial charge on any atom is -0.494 e. The van der Waals surface area contributed by atoms with Gasteiger partial charge in [0.25, 0.3) is 0 Å². The van der Waals surface area contributed by atoms with E-state index >= 15 is 0 Å². The van der Waals surface area contributed by atoms with Crippen molar-refractivity contribution in [3.8, 4) is 5.75 Å². The third-order valence-electron chi connectivity index (χ3n) is 6.23. The van der Waals surface area contributed by atoms with Crippen molar-refractivity contribution in [2.75, 3.05) is 32.1 Å². The Kier molecular flexibility index (Phi) is 9.49. The second-order valence-corrected chi connectivity index (χ2v) is 9.34. The van der Waals surface area contributed by atoms with Crippen LogP contribution in [0.15, 0.2) is 48.5 Å². The average Bonchev–Trinajstić information content (AvgIpc) is 2.81. The maximum atomic E-state index is 5.53. The summed E-state index contributed by atoms with van der Waals surface area (Å²) in [5.41, 5.74) is 2.32. The molecule has 178 valence electrons. The maximum absolute atomic E-state index is 5.53. The molecule has 3 aromatic rings. The summed E-state index contributed by atoms with van der Waals surface area (Å²) < 4.78 is 5.53. The van der Waals surface area contributed by atoms with Crippen LogP contribution in [0.5, 0.6) is 5.75 Å². The zero-order chi connectivity index (χ0) is 23.6. The summed E-state index contributed by atoms with van der Waals surface area (Å²) >= 11 is 0. The van der Waals surface area contributed by atoms with Crippen molar-refractivity contribution in [3.05, 3.63) is 59.9 Å². The lowest BCUT2D eigenvalue weighted by Gasteiger charge is -2.26. The summed E-state index contributed by atoms with van der Waals surface area (Å²) in [7, 11) is 3.99. The monoisotopic (exact) mass is 448 g/mol. The Balaban J connectivity index is 0.000000194. The molecule has 0 unspecified atom stereocenters. The van der Waals surface area contributed by atoms with Crippen molar-refractivity contribution in [2.24, 2.45) is 11.8 Å². The number of hydrogen-bond acceptors (Lipinski definition) is 5. The fraction of sp³-hybridized carbons (Fsp3) is 0.500. The smallest absolute Gasteiger partial charge is 0.139 e. The Morgan fingerprint density at radius 3 is 2.48 bits per heavy atom. The van der Waals surface area contributed by atoms with Crippen LogP contribution < -0.4 is 15.0 Å². The van der Waals surface area contributed by atoms with Crippen molar-refractivity contribution < 1.29 is 4.74 Å². The molecule has 0 amide bonds. The van der Waals surface area contributed by atoms with Crippen LogP contribution in [-0.2, 0) is 6.54 Å². The molecule has 1 saturated carbocycles. The van der Waals surface area contributed by atoms with E-state index in [1.807, 2.05) is 63.2 Å². The predicted octanol–water partition coefficient (Wildman–Crippen LogP) is 6.01. The van der Waals surface area contributed by atoms with Gasteiger partial charge in [0, 0.05) is 26.0 Å². The molecule has 1 fully saturated rings. The molecule has 1 aliphatic carbocycles. The summed E-state index contributed by atoms with van der Waals surface area (Å²) in [6.07, 6.45) is 5.61. The van der Waals surface area contributed by atoms with Gasteiger partial charge in [-0.2, -0.15) is 0 Å². The molecule has 1 heterocycles. The number of fused-ring (bicyclic) bond motifs is 1. The van der Waals surface area contributed by atoms with Crippen LogP contribution in [0.2, 0.25) is 0 Å². The van der Waals surface area contributed by atoms with E-state index in [1.165, 1.54) is 31.2 Å². The van der Waals surface area contributed by atoms with Crippen LogP contribution in [0.3, 0.4) is 0 Å². The van der Waals surface area contributed by atoms with Crippen molar-refractivity contribution in [1.82, 2.24) is 15.3 Å². The van der Waals surface area contributed by atoms with Gasteiger partial charge in [0.05, 0.1) is 12.1 Å². The minimum atomic E-state index is 0.733. The molecule has 0 bridgehead atoms. The van der Waals surface area contributed by atoms with E-state index in [0.717, 1.165) is 59.8 Å². The molecular formula is C28H40N4O. The lowest BCUT2D eigenvalue weighted by molar-refractivity contribution is 0.281. The second kappa shape index (κ2) is 12.5. The fourth-order valence-electron chi connectivity index (χ4n) is 4.38. The second-order valence-electron chi connectivity index (χ2n) is 9.34. The molecule has 4 rings (SSSR count). The normalized spacial score (nSPS) is 17.8. The van der Waals surface area contributed by atoms with Gasteiger partial charge in [0.2, 0.25) is 0 Å². The van der Waals surface area contributed by atoms with E-state index in [1.54, 1.807) is 0 Å². The van der Waals surface area contributed by atoms with Gasteiger partial charge in [-0.1, -0.05) is 44.0 Å². The fourth-order valence-corrected chi connectivity index (χ4v) is 4.38. The molecule has 5 nitrogen and oxygen atoms in total. The highest BCUT2D eigenvalue weighted by atomic mass is 16.5. The average molecular weight is 449 g/mol. The number of benzene rings is 2. The molecule has 1 aromatic heterocycles. The molecule has 0 aliphatic heterocycles. The molecule has 0 spiro atoms. The summed E-state index contributed by atoms with van der Waals surface area (Å²) in [6, 6.07) is 16.5. The minimum absolute atomic E-state index is 0.733. The highest BCUT2D eigenvalue weighted by Gasteiger charge is 2.17. The molecule has 0 radical (unpaired) electrons. The van der Waals surface area contributed by atoms with Crippen LogP contribution in [0, 0.1) is 18.8 Å². The SMILES string of the molecule is CCOc1cccc(CNCC2CCC(C)CC2)c1.Cc1nc(N(C)C)c2ccccc2n1. The summed E-state index contributed by atoms with van der Waals surface area (Å²) in [4.78, 5) is 10.8. The number of hydrogen-bond donors (Lipinski definition) is 1. The van der Waals surface area contributed by atoms with Gasteiger partial charge < -0.3 is 15.0 Å². The largest absolute Gasteiger partial charge is 0.494 e. The van der Waals surface area contributed by atoms with Gasteiger partial charge in [-0.15, -0.1) is 0 Å². The van der Waals surface area contributed by atoms with Gasteiger partial charge in [-0.25, -0.2) is 9.97 Å². The first-order valence-electron chi connectivity index (χ1n) is 12.3. The Hall–Kier alpha value is -2.66. The summed E-state index contributed by atoms with van der Waals surface area (Å²) in [5, 5.41) is 4.70. The summed E-state index contributed by atoms with van der Waals surface area (Å²) in [5.74, 6) is 4.60. The number of aryl methyl sites for hydroxylation is 1. The third kappa shape index (κ3) is 7.71. The number of rotatable bonds is 7. The van der Waals surface area contributed by atoms with E-state index in [9.17, 15) is 0 Å². The van der Waals surface area contributed by atoms with Gasteiger partial charge in [-0.05, 0) is 74.9 Å². The zero-order valence-electron chi connectivity index (χ0n) is 21.0. The molecule has 2 aromatic carbocycles. The molecule has 0 atom stereocenters. The highest BCUT2D eigenvalue weighted by Crippen LogP contribution is 2.27. The van der Waals surface area contributed by atoms with Gasteiger partial charge in [0.15, 0.2) is 0 Å². The Morgan fingerprint density at radius 2 is 1.76 bits per heavy atom. The summed E-state index contributed by atoms with van der Waals surface area (Å²) in [6.45, 7) is 9.16. The Labute approximate surface area is 199 Å². The van der Waals surface area contributed by atoms with E-state index < -0.39 is 0 Å². The van der Waals surface area contributed by atoms with Crippen LogP contribution in [0.25, 0.3) is 10.9 Å². The van der Waals surface area contributed by atoms with E-state index in [-0.39, 0.29) is 0 Å². The van der Waals surface area contributed by atoms with Crippen LogP contribution in [-0.4, -0.2) is 37.2 Å². The molecular weight excluding hydrogens is 408 g/mol. The van der Waals surface area contributed by atoms with Gasteiger partial charge >= 0.3 is 0 Å². The first kappa shape index (κ1) is 25.0. The van der Waals surface area contributed by atoms with Gasteiger partial charge in [0.1, 0.15) is 17.4 Å². The number of nitrogens with one attached hydrogen (secondary N) is 1. The van der Waals surface area contributed by atoms with E-state index in [2.05, 4.69) is 40.4 Å². The predicted molar refractivity (Wildman–Crippen MR) is 139 cm³/mol. The highest BCUT2D eigenvalue weighted by molar-refractivity contribution is 5.89. The topological polar surface area (TPSA) is 50.3 Å². The van der Waals surface area contributed by atoms with Crippen LogP contribution in [0.4, 0.5) is 5.82 Å². The number of aromatic nitrogens is 2. The molecule has 33 heavy (non-hydrogen) atoms. The lowest BCUT2D eigenvalue weighted by Crippen LogP contribution is -2.25. The first-order chi connectivity index (χ1) is 16.0. The van der Waals surface area contributed by atoms with Crippen molar-refractivity contribution in [2.45, 2.75) is 53.0 Å². The van der Waals surface area contributed by atoms with E-state index in [0.29, 0.717) is 0 Å².